The molecule has 0 spiro atoms. The molecule has 0 saturated carbocycles. The van der Waals surface area contributed by atoms with Gasteiger partial charge in [-0.2, -0.15) is 0 Å². The first-order valence-electron chi connectivity index (χ1n) is 6.42. The number of aromatic nitrogens is 2. The van der Waals surface area contributed by atoms with E-state index in [1.165, 1.54) is 36.1 Å². The van der Waals surface area contributed by atoms with E-state index in [0.717, 1.165) is 20.9 Å². The number of hydrogen-bond donors (Lipinski definition) is 1. The molecule has 3 rings (SSSR count). The second-order valence-electron chi connectivity index (χ2n) is 4.72. The van der Waals surface area contributed by atoms with Gasteiger partial charge < -0.3 is 5.32 Å². The van der Waals surface area contributed by atoms with E-state index < -0.39 is 10.0 Å². The number of thiophene rings is 2. The van der Waals surface area contributed by atoms with Crippen LogP contribution in [0.15, 0.2) is 34.1 Å². The predicted molar refractivity (Wildman–Crippen MR) is 89.9 cm³/mol. The second kappa shape index (κ2) is 5.92. The van der Waals surface area contributed by atoms with Gasteiger partial charge in [0.25, 0.3) is 10.0 Å². The summed E-state index contributed by atoms with van der Waals surface area (Å²) in [4.78, 5) is 10.3. The molecule has 0 saturated heterocycles. The van der Waals surface area contributed by atoms with E-state index in [9.17, 15) is 8.42 Å². The molecule has 0 atom stereocenters. The highest BCUT2D eigenvalue weighted by atomic mass is 32.2. The molecular formula is C13H14N4O2S3. The van der Waals surface area contributed by atoms with Crippen LogP contribution in [-0.4, -0.2) is 36.8 Å². The number of anilines is 1. The van der Waals surface area contributed by atoms with E-state index in [2.05, 4.69) is 15.3 Å². The number of nitrogens with zero attached hydrogens (tertiary/aromatic N) is 3. The molecule has 3 aromatic heterocycles. The molecule has 0 amide bonds. The Balaban J connectivity index is 1.78. The molecule has 0 aliphatic carbocycles. The molecule has 3 heterocycles. The lowest BCUT2D eigenvalue weighted by Gasteiger charge is -2.08. The molecule has 0 aliphatic rings. The third-order valence-electron chi connectivity index (χ3n) is 3.06. The van der Waals surface area contributed by atoms with Gasteiger partial charge in [0.1, 0.15) is 21.2 Å². The van der Waals surface area contributed by atoms with E-state index in [0.29, 0.717) is 10.8 Å². The highest BCUT2D eigenvalue weighted by Gasteiger charge is 2.19. The van der Waals surface area contributed by atoms with Crippen LogP contribution in [0.2, 0.25) is 0 Å². The van der Waals surface area contributed by atoms with Crippen molar-refractivity contribution < 1.29 is 8.42 Å². The largest absolute Gasteiger partial charge is 0.365 e. The summed E-state index contributed by atoms with van der Waals surface area (Å²) in [5, 5.41) is 6.19. The van der Waals surface area contributed by atoms with E-state index in [1.54, 1.807) is 17.4 Å². The minimum absolute atomic E-state index is 0.345. The van der Waals surface area contributed by atoms with E-state index in [4.69, 9.17) is 0 Å². The Kier molecular flexibility index (Phi) is 4.13. The molecule has 3 aromatic rings. The van der Waals surface area contributed by atoms with Crippen molar-refractivity contribution in [2.45, 2.75) is 10.8 Å². The van der Waals surface area contributed by atoms with Crippen LogP contribution in [0.1, 0.15) is 4.88 Å². The summed E-state index contributed by atoms with van der Waals surface area (Å²) in [5.74, 6) is 0.761. The van der Waals surface area contributed by atoms with Gasteiger partial charge in [-0.05, 0) is 23.6 Å². The van der Waals surface area contributed by atoms with Crippen molar-refractivity contribution in [2.24, 2.45) is 0 Å². The minimum atomic E-state index is -3.36. The quantitative estimate of drug-likeness (QED) is 0.762. The first-order chi connectivity index (χ1) is 10.5. The third-order valence-corrected chi connectivity index (χ3v) is 7.25. The standard InChI is InChI=1S/C13H14N4O2S3/c1-17(2)22(18,19)11-4-3-9(21-11)7-14-12-10-5-6-20-13(10)16-8-15-12/h3-6,8H,7H2,1-2H3,(H,14,15,16). The number of sulfonamides is 1. The minimum Gasteiger partial charge on any atom is -0.365 e. The zero-order valence-electron chi connectivity index (χ0n) is 12.0. The Morgan fingerprint density at radius 2 is 2.05 bits per heavy atom. The first kappa shape index (κ1) is 15.3. The Labute approximate surface area is 136 Å². The van der Waals surface area contributed by atoms with Gasteiger partial charge >= 0.3 is 0 Å². The molecule has 0 bridgehead atoms. The number of fused-ring (bicyclic) bond motifs is 1. The van der Waals surface area contributed by atoms with Crippen LogP contribution in [0, 0.1) is 0 Å². The SMILES string of the molecule is CN(C)S(=O)(=O)c1ccc(CNc2ncnc3sccc23)s1. The lowest BCUT2D eigenvalue weighted by molar-refractivity contribution is 0.523. The summed E-state index contributed by atoms with van der Waals surface area (Å²) < 4.78 is 25.7. The van der Waals surface area contributed by atoms with Crippen LogP contribution in [0.4, 0.5) is 5.82 Å². The fourth-order valence-corrected chi connectivity index (χ4v) is 5.07. The Bertz CT molecular complexity index is 899. The van der Waals surface area contributed by atoms with Crippen molar-refractivity contribution in [3.8, 4) is 0 Å². The van der Waals surface area contributed by atoms with Gasteiger partial charge in [-0.1, -0.05) is 0 Å². The van der Waals surface area contributed by atoms with Gasteiger partial charge in [-0.25, -0.2) is 22.7 Å². The molecule has 0 aromatic carbocycles. The van der Waals surface area contributed by atoms with E-state index in [1.807, 2.05) is 17.5 Å². The molecule has 9 heteroatoms. The summed E-state index contributed by atoms with van der Waals surface area (Å²) in [6.45, 7) is 0.523. The van der Waals surface area contributed by atoms with Crippen molar-refractivity contribution in [1.82, 2.24) is 14.3 Å². The molecular weight excluding hydrogens is 340 g/mol. The van der Waals surface area contributed by atoms with Crippen molar-refractivity contribution in [2.75, 3.05) is 19.4 Å². The number of rotatable bonds is 5. The summed E-state index contributed by atoms with van der Waals surface area (Å²) in [5.41, 5.74) is 0. The molecule has 0 fully saturated rings. The number of hydrogen-bond acceptors (Lipinski definition) is 7. The Hall–Kier alpha value is -1.55. The smallest absolute Gasteiger partial charge is 0.252 e. The molecule has 1 N–H and O–H groups in total. The van der Waals surface area contributed by atoms with Crippen LogP contribution in [-0.2, 0) is 16.6 Å². The Morgan fingerprint density at radius 3 is 2.82 bits per heavy atom. The second-order valence-corrected chi connectivity index (χ2v) is 9.16. The summed E-state index contributed by atoms with van der Waals surface area (Å²) in [7, 11) is -0.307. The fraction of sp³-hybridized carbons (Fsp3) is 0.231. The van der Waals surface area contributed by atoms with Crippen LogP contribution in [0.3, 0.4) is 0 Å². The fourth-order valence-electron chi connectivity index (χ4n) is 1.87. The lowest BCUT2D eigenvalue weighted by Crippen LogP contribution is -2.21. The maximum atomic E-state index is 12.1. The third kappa shape index (κ3) is 2.84. The van der Waals surface area contributed by atoms with Gasteiger partial charge in [0.15, 0.2) is 0 Å². The summed E-state index contributed by atoms with van der Waals surface area (Å²) >= 11 is 2.82. The predicted octanol–water partition coefficient (Wildman–Crippen LogP) is 2.62. The van der Waals surface area contributed by atoms with Crippen molar-refractivity contribution in [1.29, 1.82) is 0 Å². The van der Waals surface area contributed by atoms with Crippen LogP contribution < -0.4 is 5.32 Å². The van der Waals surface area contributed by atoms with Crippen LogP contribution in [0.5, 0.6) is 0 Å². The van der Waals surface area contributed by atoms with Gasteiger partial charge in [0, 0.05) is 19.0 Å². The van der Waals surface area contributed by atoms with Gasteiger partial charge in [0.2, 0.25) is 0 Å². The van der Waals surface area contributed by atoms with Gasteiger partial charge in [-0.15, -0.1) is 22.7 Å². The normalized spacial score (nSPS) is 12.1. The molecule has 6 nitrogen and oxygen atoms in total. The van der Waals surface area contributed by atoms with E-state index >= 15 is 0 Å². The molecule has 0 radical (unpaired) electrons. The lowest BCUT2D eigenvalue weighted by atomic mass is 10.3. The maximum absolute atomic E-state index is 12.1. The monoisotopic (exact) mass is 354 g/mol. The van der Waals surface area contributed by atoms with Crippen molar-refractivity contribution in [3.05, 3.63) is 34.8 Å². The average molecular weight is 354 g/mol. The van der Waals surface area contributed by atoms with Gasteiger partial charge in [-0.3, -0.25) is 0 Å². The van der Waals surface area contributed by atoms with E-state index in [-0.39, 0.29) is 0 Å². The zero-order chi connectivity index (χ0) is 15.7. The highest BCUT2D eigenvalue weighted by Crippen LogP contribution is 2.27. The zero-order valence-corrected chi connectivity index (χ0v) is 14.4. The van der Waals surface area contributed by atoms with Crippen molar-refractivity contribution in [3.63, 3.8) is 0 Å². The van der Waals surface area contributed by atoms with Crippen LogP contribution in [0.25, 0.3) is 10.2 Å². The Morgan fingerprint density at radius 1 is 1.23 bits per heavy atom. The molecule has 22 heavy (non-hydrogen) atoms. The maximum Gasteiger partial charge on any atom is 0.252 e. The van der Waals surface area contributed by atoms with Crippen LogP contribution >= 0.6 is 22.7 Å². The molecule has 116 valence electrons. The first-order valence-corrected chi connectivity index (χ1v) is 9.55. The van der Waals surface area contributed by atoms with Gasteiger partial charge in [0.05, 0.1) is 11.9 Å². The highest BCUT2D eigenvalue weighted by molar-refractivity contribution is 7.91. The molecule has 0 unspecified atom stereocenters. The summed E-state index contributed by atoms with van der Waals surface area (Å²) in [6, 6.07) is 5.43. The summed E-state index contributed by atoms with van der Waals surface area (Å²) in [6.07, 6.45) is 1.53. The average Bonchev–Trinajstić information content (AvgIpc) is 3.14. The van der Waals surface area contributed by atoms with Crippen molar-refractivity contribution >= 4 is 48.7 Å². The number of nitrogens with one attached hydrogen (secondary N) is 1. The topological polar surface area (TPSA) is 75.2 Å². The molecule has 0 aliphatic heterocycles.